The van der Waals surface area contributed by atoms with E-state index >= 15 is 0 Å². The van der Waals surface area contributed by atoms with E-state index in [4.69, 9.17) is 14.6 Å². The molecule has 0 bridgehead atoms. The molecule has 0 aliphatic carbocycles. The van der Waals surface area contributed by atoms with Gasteiger partial charge >= 0.3 is 0 Å². The number of rotatable bonds is 6. The molecule has 1 aromatic carbocycles. The zero-order chi connectivity index (χ0) is 16.2. The first-order chi connectivity index (χ1) is 9.76. The van der Waals surface area contributed by atoms with Gasteiger partial charge in [0.05, 0.1) is 19.8 Å². The minimum atomic E-state index is -4.02. The lowest BCUT2D eigenvalue weighted by molar-refractivity contribution is 0.0791. The van der Waals surface area contributed by atoms with Crippen LogP contribution in [0.5, 0.6) is 11.5 Å². The average Bonchev–Trinajstić information content (AvgIpc) is 2.44. The molecule has 0 heterocycles. The molecule has 0 saturated heterocycles. The summed E-state index contributed by atoms with van der Waals surface area (Å²) >= 11 is 0. The summed E-state index contributed by atoms with van der Waals surface area (Å²) in [6.07, 6.45) is 0.781. The third-order valence-corrected chi connectivity index (χ3v) is 3.86. The molecule has 7 nitrogen and oxygen atoms in total. The van der Waals surface area contributed by atoms with Crippen LogP contribution in [-0.2, 0) is 10.0 Å². The first-order valence-corrected chi connectivity index (χ1v) is 7.85. The van der Waals surface area contributed by atoms with Crippen LogP contribution in [-0.4, -0.2) is 47.0 Å². The van der Waals surface area contributed by atoms with Crippen LogP contribution in [0.3, 0.4) is 0 Å². The summed E-state index contributed by atoms with van der Waals surface area (Å²) < 4.78 is 33.4. The summed E-state index contributed by atoms with van der Waals surface area (Å²) in [7, 11) is 0.320. The van der Waals surface area contributed by atoms with Crippen LogP contribution in [0, 0.1) is 0 Å². The highest BCUT2D eigenvalue weighted by Crippen LogP contribution is 2.32. The lowest BCUT2D eigenvalue weighted by atomic mass is 10.1. The lowest BCUT2D eigenvalue weighted by Gasteiger charge is -2.19. The van der Waals surface area contributed by atoms with Crippen LogP contribution < -0.4 is 14.6 Å². The van der Waals surface area contributed by atoms with Crippen molar-refractivity contribution in [1.82, 2.24) is 4.90 Å². The number of nitrogens with zero attached hydrogens (tertiary/aromatic N) is 1. The summed E-state index contributed by atoms with van der Waals surface area (Å²) in [5.41, 5.74) is 0.123. The van der Waals surface area contributed by atoms with Gasteiger partial charge in [0, 0.05) is 19.7 Å². The molecular formula is C13H20N2O5S. The Balaban J connectivity index is 3.47. The number of carbonyl (C=O) groups excluding carboxylic acids is 1. The summed E-state index contributed by atoms with van der Waals surface area (Å²) in [5, 5.41) is 5.16. The summed E-state index contributed by atoms with van der Waals surface area (Å²) in [6, 6.07) is 2.52. The Labute approximate surface area is 124 Å². The van der Waals surface area contributed by atoms with Gasteiger partial charge in [0.25, 0.3) is 5.91 Å². The maximum Gasteiger partial charge on any atom is 0.257 e. The van der Waals surface area contributed by atoms with Gasteiger partial charge in [-0.05, 0) is 12.5 Å². The van der Waals surface area contributed by atoms with Gasteiger partial charge in [0.1, 0.15) is 16.4 Å². The Bertz CT molecular complexity index is 628. The molecule has 1 aromatic rings. The quantitative estimate of drug-likeness (QED) is 0.838. The predicted molar refractivity (Wildman–Crippen MR) is 78.2 cm³/mol. The second-order valence-electron chi connectivity index (χ2n) is 4.48. The number of primary sulfonamides is 1. The van der Waals surface area contributed by atoms with Crippen LogP contribution in [0.2, 0.25) is 0 Å². The molecule has 0 saturated carbocycles. The van der Waals surface area contributed by atoms with E-state index < -0.39 is 10.0 Å². The van der Waals surface area contributed by atoms with Crippen molar-refractivity contribution in [2.45, 2.75) is 18.2 Å². The van der Waals surface area contributed by atoms with E-state index in [1.54, 1.807) is 7.05 Å². The van der Waals surface area contributed by atoms with E-state index in [1.165, 1.54) is 31.3 Å². The van der Waals surface area contributed by atoms with E-state index in [1.807, 2.05) is 6.92 Å². The number of ether oxygens (including phenoxy) is 2. The first kappa shape index (κ1) is 17.3. The smallest absolute Gasteiger partial charge is 0.257 e. The molecule has 1 amide bonds. The highest BCUT2D eigenvalue weighted by Gasteiger charge is 2.24. The van der Waals surface area contributed by atoms with Gasteiger partial charge in [-0.3, -0.25) is 4.79 Å². The number of amides is 1. The summed E-state index contributed by atoms with van der Waals surface area (Å²) in [5.74, 6) is -0.0856. The molecule has 2 N–H and O–H groups in total. The van der Waals surface area contributed by atoms with E-state index in [0.29, 0.717) is 6.54 Å². The van der Waals surface area contributed by atoms with Crippen molar-refractivity contribution in [3.8, 4) is 11.5 Å². The number of benzene rings is 1. The van der Waals surface area contributed by atoms with Gasteiger partial charge in [-0.25, -0.2) is 13.6 Å². The van der Waals surface area contributed by atoms with Crippen molar-refractivity contribution in [1.29, 1.82) is 0 Å². The Kier molecular flexibility index (Phi) is 5.56. The van der Waals surface area contributed by atoms with Crippen LogP contribution >= 0.6 is 0 Å². The minimum absolute atomic E-state index is 0.0315. The predicted octanol–water partition coefficient (Wildman–Crippen LogP) is 0.833. The van der Waals surface area contributed by atoms with Crippen molar-refractivity contribution in [2.75, 3.05) is 27.8 Å². The molecule has 0 radical (unpaired) electrons. The molecule has 8 heteroatoms. The molecule has 21 heavy (non-hydrogen) atoms. The topological polar surface area (TPSA) is 98.9 Å². The van der Waals surface area contributed by atoms with Gasteiger partial charge in [-0.1, -0.05) is 6.92 Å². The van der Waals surface area contributed by atoms with Gasteiger partial charge in [0.15, 0.2) is 0 Å². The standard InChI is InChI=1S/C13H20N2O5S/c1-5-6-15(2)13(16)9-7-12(21(14,17)18)11(20-4)8-10(9)19-3/h7-8H,5-6H2,1-4H3,(H2,14,17,18). The maximum atomic E-state index is 12.4. The van der Waals surface area contributed by atoms with Crippen molar-refractivity contribution in [3.05, 3.63) is 17.7 Å². The van der Waals surface area contributed by atoms with E-state index in [-0.39, 0.29) is 27.9 Å². The number of carbonyl (C=O) groups is 1. The fourth-order valence-electron chi connectivity index (χ4n) is 1.90. The Morgan fingerprint density at radius 2 is 1.81 bits per heavy atom. The minimum Gasteiger partial charge on any atom is -0.496 e. The molecule has 0 atom stereocenters. The molecule has 0 aliphatic heterocycles. The number of hydrogen-bond acceptors (Lipinski definition) is 5. The third-order valence-electron chi connectivity index (χ3n) is 2.93. The SMILES string of the molecule is CCCN(C)C(=O)c1cc(S(N)(=O)=O)c(OC)cc1OC. The Morgan fingerprint density at radius 1 is 1.24 bits per heavy atom. The third kappa shape index (κ3) is 3.85. The molecule has 0 unspecified atom stereocenters. The lowest BCUT2D eigenvalue weighted by Crippen LogP contribution is -2.28. The van der Waals surface area contributed by atoms with Crippen LogP contribution in [0.15, 0.2) is 17.0 Å². The van der Waals surface area contributed by atoms with E-state index in [2.05, 4.69) is 0 Å². The number of nitrogens with two attached hydrogens (primary N) is 1. The fraction of sp³-hybridized carbons (Fsp3) is 0.462. The Hall–Kier alpha value is -1.80. The van der Waals surface area contributed by atoms with Gasteiger partial charge in [0.2, 0.25) is 10.0 Å². The van der Waals surface area contributed by atoms with Crippen LogP contribution in [0.25, 0.3) is 0 Å². The zero-order valence-corrected chi connectivity index (χ0v) is 13.4. The molecule has 0 fully saturated rings. The monoisotopic (exact) mass is 316 g/mol. The maximum absolute atomic E-state index is 12.4. The van der Waals surface area contributed by atoms with Crippen LogP contribution in [0.4, 0.5) is 0 Å². The zero-order valence-electron chi connectivity index (χ0n) is 12.5. The summed E-state index contributed by atoms with van der Waals surface area (Å²) in [6.45, 7) is 2.48. The van der Waals surface area contributed by atoms with Gasteiger partial charge in [-0.2, -0.15) is 0 Å². The second kappa shape index (κ2) is 6.77. The normalized spacial score (nSPS) is 11.1. The fourth-order valence-corrected chi connectivity index (χ4v) is 2.61. The molecular weight excluding hydrogens is 296 g/mol. The van der Waals surface area contributed by atoms with Crippen LogP contribution in [0.1, 0.15) is 23.7 Å². The first-order valence-electron chi connectivity index (χ1n) is 6.30. The van der Waals surface area contributed by atoms with Crippen molar-refractivity contribution < 1.29 is 22.7 Å². The number of sulfonamides is 1. The van der Waals surface area contributed by atoms with E-state index in [0.717, 1.165) is 6.42 Å². The van der Waals surface area contributed by atoms with Crippen molar-refractivity contribution in [3.63, 3.8) is 0 Å². The molecule has 0 aromatic heterocycles. The number of methoxy groups -OCH3 is 2. The van der Waals surface area contributed by atoms with E-state index in [9.17, 15) is 13.2 Å². The molecule has 0 spiro atoms. The summed E-state index contributed by atoms with van der Waals surface area (Å²) in [4.78, 5) is 13.6. The van der Waals surface area contributed by atoms with Gasteiger partial charge < -0.3 is 14.4 Å². The number of hydrogen-bond donors (Lipinski definition) is 1. The van der Waals surface area contributed by atoms with Gasteiger partial charge in [-0.15, -0.1) is 0 Å². The largest absolute Gasteiger partial charge is 0.496 e. The highest BCUT2D eigenvalue weighted by molar-refractivity contribution is 7.89. The second-order valence-corrected chi connectivity index (χ2v) is 6.00. The molecule has 0 aliphatic rings. The van der Waals surface area contributed by atoms with Crippen molar-refractivity contribution in [2.24, 2.45) is 5.14 Å². The molecule has 118 valence electrons. The Morgan fingerprint density at radius 3 is 2.24 bits per heavy atom. The average molecular weight is 316 g/mol. The highest BCUT2D eigenvalue weighted by atomic mass is 32.2. The molecule has 1 rings (SSSR count). The van der Waals surface area contributed by atoms with Crippen molar-refractivity contribution >= 4 is 15.9 Å².